The second-order valence-electron chi connectivity index (χ2n) is 11.0. The minimum Gasteiger partial charge on any atom is -0.444 e. The van der Waals surface area contributed by atoms with Gasteiger partial charge in [0, 0.05) is 13.1 Å². The van der Waals surface area contributed by atoms with E-state index in [1.807, 2.05) is 38.1 Å². The van der Waals surface area contributed by atoms with Crippen LogP contribution in [0.2, 0.25) is 0 Å². The van der Waals surface area contributed by atoms with Crippen molar-refractivity contribution in [2.24, 2.45) is 5.92 Å². The quantitative estimate of drug-likeness (QED) is 0.271. The first-order valence-electron chi connectivity index (χ1n) is 13.7. The molecule has 0 aliphatic carbocycles. The Labute approximate surface area is 224 Å². The molecule has 7 heteroatoms. The van der Waals surface area contributed by atoms with Crippen LogP contribution in [-0.4, -0.2) is 47.5 Å². The maximum Gasteiger partial charge on any atom is 0.408 e. The van der Waals surface area contributed by atoms with Crippen LogP contribution in [0.4, 0.5) is 4.79 Å². The first-order valence-corrected chi connectivity index (χ1v) is 13.7. The summed E-state index contributed by atoms with van der Waals surface area (Å²) in [5.74, 6) is -0.363. The van der Waals surface area contributed by atoms with E-state index >= 15 is 0 Å². The lowest BCUT2D eigenvalue weighted by atomic mass is 9.97. The average Bonchev–Trinajstić information content (AvgIpc) is 2.81. The van der Waals surface area contributed by atoms with E-state index in [0.29, 0.717) is 19.5 Å². The number of alkyl carbamates (subject to hydrolysis) is 1. The van der Waals surface area contributed by atoms with Gasteiger partial charge in [-0.05, 0) is 63.1 Å². The van der Waals surface area contributed by atoms with E-state index in [4.69, 9.17) is 4.74 Å². The van der Waals surface area contributed by atoms with Gasteiger partial charge < -0.3 is 20.3 Å². The number of nitrogens with zero attached hydrogens (tertiary/aromatic N) is 1. The topological polar surface area (TPSA) is 87.7 Å². The summed E-state index contributed by atoms with van der Waals surface area (Å²) in [6, 6.07) is 5.92. The molecule has 2 atom stereocenters. The molecule has 1 aromatic carbocycles. The van der Waals surface area contributed by atoms with Crippen LogP contribution in [0.1, 0.15) is 104 Å². The molecular weight excluding hydrogens is 466 g/mol. The fourth-order valence-corrected chi connectivity index (χ4v) is 4.06. The van der Waals surface area contributed by atoms with Crippen molar-refractivity contribution < 1.29 is 19.1 Å². The van der Waals surface area contributed by atoms with Gasteiger partial charge in [-0.25, -0.2) is 4.79 Å². The van der Waals surface area contributed by atoms with E-state index in [0.717, 1.165) is 43.2 Å². The van der Waals surface area contributed by atoms with Crippen LogP contribution in [0, 0.1) is 5.92 Å². The summed E-state index contributed by atoms with van der Waals surface area (Å²) in [5.41, 5.74) is 0.899. The molecule has 1 aromatic rings. The van der Waals surface area contributed by atoms with Gasteiger partial charge in [0.05, 0.1) is 0 Å². The van der Waals surface area contributed by atoms with Crippen molar-refractivity contribution >= 4 is 24.0 Å². The summed E-state index contributed by atoms with van der Waals surface area (Å²) in [6.45, 7) is 18.3. The van der Waals surface area contributed by atoms with Crippen LogP contribution >= 0.6 is 0 Å². The number of benzene rings is 1. The molecule has 7 nitrogen and oxygen atoms in total. The van der Waals surface area contributed by atoms with Gasteiger partial charge in [-0.15, -0.1) is 0 Å². The van der Waals surface area contributed by atoms with Crippen molar-refractivity contribution in [2.75, 3.05) is 13.1 Å². The Kier molecular flexibility index (Phi) is 14.0. The maximum absolute atomic E-state index is 14.1. The lowest BCUT2D eigenvalue weighted by molar-refractivity contribution is -0.143. The van der Waals surface area contributed by atoms with Crippen LogP contribution in [0.5, 0.6) is 0 Å². The molecule has 0 bridgehead atoms. The third-order valence-corrected chi connectivity index (χ3v) is 5.83. The Bertz CT molecular complexity index is 876. The van der Waals surface area contributed by atoms with E-state index in [2.05, 4.69) is 31.1 Å². The van der Waals surface area contributed by atoms with Gasteiger partial charge in [-0.2, -0.15) is 0 Å². The minimum atomic E-state index is -0.823. The molecule has 0 aliphatic rings. The van der Waals surface area contributed by atoms with E-state index < -0.39 is 23.8 Å². The third kappa shape index (κ3) is 11.8. The highest BCUT2D eigenvalue weighted by molar-refractivity contribution is 5.92. The molecule has 0 saturated carbocycles. The average molecular weight is 516 g/mol. The number of ether oxygens (including phenoxy) is 1. The number of carbonyl (C=O) groups excluding carboxylic acids is 3. The highest BCUT2D eigenvalue weighted by Gasteiger charge is 2.36. The number of hydrogen-bond donors (Lipinski definition) is 2. The zero-order chi connectivity index (χ0) is 28.0. The molecule has 0 saturated heterocycles. The number of rotatable bonds is 15. The third-order valence-electron chi connectivity index (χ3n) is 5.83. The summed E-state index contributed by atoms with van der Waals surface area (Å²) in [5, 5.41) is 5.82. The molecule has 0 aliphatic heterocycles. The van der Waals surface area contributed by atoms with E-state index in [9.17, 15) is 14.4 Å². The zero-order valence-corrected chi connectivity index (χ0v) is 24.1. The van der Waals surface area contributed by atoms with Gasteiger partial charge in [0.25, 0.3) is 0 Å². The maximum atomic E-state index is 14.1. The normalized spacial score (nSPS) is 13.0. The van der Waals surface area contributed by atoms with Gasteiger partial charge in [0.2, 0.25) is 11.8 Å². The number of carbonyl (C=O) groups is 3. The Hall–Kier alpha value is -2.83. The van der Waals surface area contributed by atoms with Crippen LogP contribution in [0.25, 0.3) is 6.08 Å². The lowest BCUT2D eigenvalue weighted by Gasteiger charge is -2.35. The fourth-order valence-electron chi connectivity index (χ4n) is 4.06. The van der Waals surface area contributed by atoms with Crippen molar-refractivity contribution in [3.05, 3.63) is 42.0 Å². The van der Waals surface area contributed by atoms with E-state index in [-0.39, 0.29) is 17.7 Å². The van der Waals surface area contributed by atoms with Crippen LogP contribution in [-0.2, 0) is 14.3 Å². The molecule has 0 radical (unpaired) electrons. The van der Waals surface area contributed by atoms with Crippen LogP contribution in [0.15, 0.2) is 30.8 Å². The molecular formula is C30H49N3O4. The zero-order valence-electron chi connectivity index (χ0n) is 24.1. The predicted molar refractivity (Wildman–Crippen MR) is 151 cm³/mol. The van der Waals surface area contributed by atoms with Crippen molar-refractivity contribution in [3.8, 4) is 0 Å². The minimum absolute atomic E-state index is 0.141. The largest absolute Gasteiger partial charge is 0.444 e. The molecule has 208 valence electrons. The molecule has 0 spiro atoms. The number of nitrogens with one attached hydrogen (secondary N) is 2. The second-order valence-corrected chi connectivity index (χ2v) is 11.0. The first kappa shape index (κ1) is 32.2. The number of amides is 3. The standard InChI is InChI=1S/C30H49N3O4/c1-9-12-14-19-33(28(35)25(20-22(4)5)32-29(36)37-30(6,7)8)26(27(34)31-18-13-10-2)24-17-15-16-23(11-3)21-24/h11,15-17,21-22,25-26H,3,9-10,12-14,18-20H2,1-2,4-8H3,(H,31,34)(H,32,36). The van der Waals surface area contributed by atoms with Gasteiger partial charge in [-0.3, -0.25) is 9.59 Å². The SMILES string of the molecule is C=Cc1cccc(C(C(=O)NCCCC)N(CCCCC)C(=O)C(CC(C)C)NC(=O)OC(C)(C)C)c1. The molecule has 3 amide bonds. The van der Waals surface area contributed by atoms with Gasteiger partial charge in [0.1, 0.15) is 17.7 Å². The summed E-state index contributed by atoms with van der Waals surface area (Å²) in [4.78, 5) is 42.1. The smallest absolute Gasteiger partial charge is 0.408 e. The summed E-state index contributed by atoms with van der Waals surface area (Å²) in [6.07, 6.45) is 5.98. The Balaban J connectivity index is 3.49. The van der Waals surface area contributed by atoms with Gasteiger partial charge >= 0.3 is 6.09 Å². The van der Waals surface area contributed by atoms with Crippen molar-refractivity contribution in [1.29, 1.82) is 0 Å². The van der Waals surface area contributed by atoms with E-state index in [1.54, 1.807) is 31.7 Å². The van der Waals surface area contributed by atoms with Gasteiger partial charge in [-0.1, -0.05) is 77.8 Å². The Morgan fingerprint density at radius 3 is 2.32 bits per heavy atom. The molecule has 2 unspecified atom stereocenters. The van der Waals surface area contributed by atoms with Gasteiger partial charge in [0.15, 0.2) is 0 Å². The summed E-state index contributed by atoms with van der Waals surface area (Å²) < 4.78 is 5.46. The molecule has 0 aromatic heterocycles. The first-order chi connectivity index (χ1) is 17.4. The number of hydrogen-bond acceptors (Lipinski definition) is 4. The molecule has 2 N–H and O–H groups in total. The molecule has 0 heterocycles. The van der Waals surface area contributed by atoms with Crippen molar-refractivity contribution in [3.63, 3.8) is 0 Å². The second kappa shape index (κ2) is 16.1. The highest BCUT2D eigenvalue weighted by Crippen LogP contribution is 2.26. The van der Waals surface area contributed by atoms with E-state index in [1.165, 1.54) is 0 Å². The predicted octanol–water partition coefficient (Wildman–Crippen LogP) is 6.25. The van der Waals surface area contributed by atoms with Crippen molar-refractivity contribution in [1.82, 2.24) is 15.5 Å². The Morgan fingerprint density at radius 2 is 1.76 bits per heavy atom. The fraction of sp³-hybridized carbons (Fsp3) is 0.633. The van der Waals surface area contributed by atoms with Crippen LogP contribution < -0.4 is 10.6 Å². The van der Waals surface area contributed by atoms with Crippen molar-refractivity contribution in [2.45, 2.75) is 105 Å². The molecule has 0 fully saturated rings. The Morgan fingerprint density at radius 1 is 1.08 bits per heavy atom. The summed E-state index contributed by atoms with van der Waals surface area (Å²) >= 11 is 0. The summed E-state index contributed by atoms with van der Waals surface area (Å²) in [7, 11) is 0. The monoisotopic (exact) mass is 515 g/mol. The molecule has 1 rings (SSSR count). The van der Waals surface area contributed by atoms with Crippen LogP contribution in [0.3, 0.4) is 0 Å². The highest BCUT2D eigenvalue weighted by atomic mass is 16.6. The molecule has 37 heavy (non-hydrogen) atoms. The number of unbranched alkanes of at least 4 members (excludes halogenated alkanes) is 3. The lowest BCUT2D eigenvalue weighted by Crippen LogP contribution is -2.53.